The van der Waals surface area contributed by atoms with Crippen molar-refractivity contribution in [3.63, 3.8) is 0 Å². The van der Waals surface area contributed by atoms with Gasteiger partial charge in [-0.2, -0.15) is 0 Å². The minimum absolute atomic E-state index is 0.0128. The molecule has 0 aromatic carbocycles. The third kappa shape index (κ3) is 14.6. The SMILES string of the molecule is CC(C)C1=C2C3CCC4[C@@]5(C)CC[C@H](C)C(C)(C)C5CC[C@@]4(C)[C@]3(C)CC[C@@]2(CO)CC1=O.CCC1OC(OC[C@@]23CC[C@]4(C)C(CCC5[C@@]6(C)CC[C@H](C)C(C)(C)C6CC[C@]54C)C2=C(C(C)C)C(=O)C3)CC(OC(C)=O)C1Br.CCC1OC(OC[C@@]23CC[C@]4(C)C(CCC5[C@@]6(C)CC[C@H](C)C(C)(C)C6CC[C@]54C)C2=C(C(C)C)C(=O)C3)CC(OC(C)=O)C1C. The average Bonchev–Trinajstić information content (AvgIpc) is 1.67. The highest BCUT2D eigenvalue weighted by atomic mass is 79.9. The molecule has 2 heterocycles. The van der Waals surface area contributed by atoms with Crippen molar-refractivity contribution in [3.05, 3.63) is 33.4 Å². The predicted molar refractivity (Wildman–Crippen MR) is 505 cm³/mol. The predicted octanol–water partition coefficient (Wildman–Crippen LogP) is 27.1. The van der Waals surface area contributed by atoms with Gasteiger partial charge in [0.1, 0.15) is 12.2 Å². The van der Waals surface area contributed by atoms with Crippen LogP contribution in [0.5, 0.6) is 0 Å². The second kappa shape index (κ2) is 33.5. The summed E-state index contributed by atoms with van der Waals surface area (Å²) in [5, 5.41) is 10.6. The van der Waals surface area contributed by atoms with E-state index in [0.717, 1.165) is 115 Å². The Bertz CT molecular complexity index is 4020. The van der Waals surface area contributed by atoms with E-state index in [4.69, 9.17) is 28.4 Å². The van der Waals surface area contributed by atoms with Gasteiger partial charge in [0.2, 0.25) is 0 Å². The van der Waals surface area contributed by atoms with E-state index in [1.807, 2.05) is 0 Å². The lowest BCUT2D eigenvalue weighted by Crippen LogP contribution is -2.65. The normalized spacial score (nSPS) is 49.1. The Morgan fingerprint density at radius 1 is 0.392 bits per heavy atom. The van der Waals surface area contributed by atoms with E-state index >= 15 is 0 Å². The number of fused-ring (bicyclic) bond motifs is 21. The molecule has 0 radical (unpaired) electrons. The minimum Gasteiger partial charge on any atom is -0.462 e. The number of carbonyl (C=O) groups is 5. The molecule has 0 amide bonds. The van der Waals surface area contributed by atoms with E-state index in [1.54, 1.807) is 0 Å². The summed E-state index contributed by atoms with van der Waals surface area (Å²) in [7, 11) is 0. The van der Waals surface area contributed by atoms with Crippen molar-refractivity contribution >= 4 is 45.2 Å². The summed E-state index contributed by atoms with van der Waals surface area (Å²) in [6, 6.07) is 0. The van der Waals surface area contributed by atoms with Crippen LogP contribution in [0.25, 0.3) is 0 Å². The van der Waals surface area contributed by atoms with Crippen LogP contribution < -0.4 is 0 Å². The first-order valence-corrected chi connectivity index (χ1v) is 53.1. The molecule has 125 heavy (non-hydrogen) atoms. The molecular formula is C112H179BrO12. The molecule has 706 valence electrons. The zero-order valence-corrected chi connectivity index (χ0v) is 86.2. The highest BCUT2D eigenvalue weighted by molar-refractivity contribution is 9.09. The number of rotatable bonds is 14. The van der Waals surface area contributed by atoms with E-state index in [2.05, 4.69) is 203 Å². The van der Waals surface area contributed by atoms with Crippen LogP contribution >= 0.6 is 15.9 Å². The minimum atomic E-state index is -0.453. The number of Topliss-reactive ketones (excluding diaryl/α,β-unsaturated/α-hetero) is 3. The summed E-state index contributed by atoms with van der Waals surface area (Å²) in [5.41, 5.74) is 10.7. The number of alkyl halides is 1. The first kappa shape index (κ1) is 97.0. The smallest absolute Gasteiger partial charge is 0.302 e. The third-order valence-corrected chi connectivity index (χ3v) is 46.8. The Labute approximate surface area is 768 Å². The number of ether oxygens (including phenoxy) is 6. The van der Waals surface area contributed by atoms with Crippen LogP contribution in [-0.4, -0.2) is 96.0 Å². The molecule has 17 unspecified atom stereocenters. The number of allylic oxidation sites excluding steroid dienone is 3. The van der Waals surface area contributed by atoms with Crippen LogP contribution in [0.2, 0.25) is 0 Å². The Morgan fingerprint density at radius 2 is 0.696 bits per heavy atom. The largest absolute Gasteiger partial charge is 0.462 e. The van der Waals surface area contributed by atoms with Crippen molar-refractivity contribution in [2.45, 2.75) is 442 Å². The van der Waals surface area contributed by atoms with Gasteiger partial charge in [0.15, 0.2) is 29.9 Å². The van der Waals surface area contributed by atoms with E-state index < -0.39 is 12.6 Å². The molecule has 1 N–H and O–H groups in total. The quantitative estimate of drug-likeness (QED) is 0.130. The fourth-order valence-corrected chi connectivity index (χ4v) is 38.2. The fraction of sp³-hybridized carbons (Fsp3) is 0.902. The molecule has 12 nitrogen and oxygen atoms in total. The average molecular weight is 1800 g/mol. The molecule has 2 aliphatic heterocycles. The summed E-state index contributed by atoms with van der Waals surface area (Å²) in [4.78, 5) is 65.1. The molecule has 15 aliphatic carbocycles. The van der Waals surface area contributed by atoms with Gasteiger partial charge in [-0.25, -0.2) is 0 Å². The standard InChI is InChI=1S/C41H66O5.C40H63BrO5.C31H50O2/c1-12-30-26(5)31(45-27(6)42)21-34(46-30)44-23-41-20-19-39(10)28(36(41)35(24(2)3)29(43)22-41)13-14-33-38(9)17-15-25(4)37(7,8)32(38)16-18-40(33,39)11;1-11-28-35(41)29(45-25(5)42)20-32(46-28)44-22-40-19-18-38(9)26(34(40)33(23(2)3)27(43)21-40)12-13-31-37(8)16-14-24(4)36(6,7)30(37)15-17-39(31,38)10;1-19(2)25-22(33)17-31(18-32)16-15-29(7)21(26(25)31)9-10-24-28(6)13-11-20(3)27(4,5)23(28)12-14-30(24,29)8/h24-26,28,30-34H,12-23H2,1-11H3;23-24,26,28-32,35H,11-22H2,1-10H3;19-21,23-24,32H,9-18H2,1-8H3/t25-,26?,28?,30?,31?,32?,33?,34?,38-,39+,40+,41-;24-,26?,28?,29?,30?,31?,32?,35?,37-,38+,39+,40-;20-,21?,23?,24?,28-,29+,30+,31-/m000/s1. The van der Waals surface area contributed by atoms with Gasteiger partial charge in [-0.15, -0.1) is 0 Å². The molecule has 0 aromatic heterocycles. The Hall–Kier alpha value is -2.55. The molecule has 17 aliphatic rings. The lowest BCUT2D eigenvalue weighted by molar-refractivity contribution is -0.250. The molecule has 0 aromatic rings. The lowest BCUT2D eigenvalue weighted by atomic mass is 9.32. The maximum Gasteiger partial charge on any atom is 0.302 e. The first-order chi connectivity index (χ1) is 58.2. The van der Waals surface area contributed by atoms with Gasteiger partial charge < -0.3 is 33.5 Å². The van der Waals surface area contributed by atoms with Crippen molar-refractivity contribution in [1.29, 1.82) is 0 Å². The molecule has 32 atom stereocenters. The van der Waals surface area contributed by atoms with Crippen LogP contribution in [0.15, 0.2) is 33.4 Å². The van der Waals surface area contributed by atoms with Crippen LogP contribution in [-0.2, 0) is 52.4 Å². The maximum absolute atomic E-state index is 14.0. The molecule has 17 rings (SSSR count). The van der Waals surface area contributed by atoms with Crippen LogP contribution in [0.4, 0.5) is 0 Å². The van der Waals surface area contributed by atoms with Gasteiger partial charge in [0.25, 0.3) is 0 Å². The number of ketones is 3. The second-order valence-corrected chi connectivity index (χ2v) is 53.1. The van der Waals surface area contributed by atoms with Gasteiger partial charge in [0, 0.05) is 68.1 Å². The molecule has 2 saturated heterocycles. The van der Waals surface area contributed by atoms with Gasteiger partial charge >= 0.3 is 11.9 Å². The molecule has 12 saturated carbocycles. The summed E-state index contributed by atoms with van der Waals surface area (Å²) in [6.45, 7) is 70.7. The highest BCUT2D eigenvalue weighted by Gasteiger charge is 2.75. The summed E-state index contributed by atoms with van der Waals surface area (Å²) in [6.07, 6.45) is 33.1. The maximum atomic E-state index is 14.0. The first-order valence-electron chi connectivity index (χ1n) is 52.1. The number of hydrogen-bond donors (Lipinski definition) is 1. The molecule has 13 heteroatoms. The molecule has 0 spiro atoms. The van der Waals surface area contributed by atoms with Gasteiger partial charge in [-0.3, -0.25) is 24.0 Å². The Kier molecular flexibility index (Phi) is 26.0. The zero-order valence-electron chi connectivity index (χ0n) is 84.6. The number of aliphatic hydroxyl groups is 1. The van der Waals surface area contributed by atoms with Crippen molar-refractivity contribution in [2.75, 3.05) is 19.8 Å². The zero-order chi connectivity index (χ0) is 91.4. The van der Waals surface area contributed by atoms with Gasteiger partial charge in [-0.1, -0.05) is 220 Å². The topological polar surface area (TPSA) is 161 Å². The van der Waals surface area contributed by atoms with E-state index in [1.165, 1.54) is 153 Å². The number of halogens is 1. The van der Waals surface area contributed by atoms with Crippen LogP contribution in [0.1, 0.15) is 400 Å². The molecule has 14 fully saturated rings. The van der Waals surface area contributed by atoms with Crippen LogP contribution in [0.3, 0.4) is 0 Å². The van der Waals surface area contributed by atoms with E-state index in [9.17, 15) is 29.1 Å². The fourth-order valence-electron chi connectivity index (χ4n) is 37.4. The van der Waals surface area contributed by atoms with Gasteiger partial charge in [0.05, 0.1) is 36.9 Å². The number of aliphatic hydroxyl groups excluding tert-OH is 1. The van der Waals surface area contributed by atoms with Crippen molar-refractivity contribution < 1.29 is 57.5 Å². The summed E-state index contributed by atoms with van der Waals surface area (Å²) >= 11 is 3.74. The summed E-state index contributed by atoms with van der Waals surface area (Å²) in [5.74, 6) is 9.68. The number of hydrogen-bond acceptors (Lipinski definition) is 12. The van der Waals surface area contributed by atoms with Crippen molar-refractivity contribution in [2.24, 2.45) is 176 Å². The second-order valence-electron chi connectivity index (χ2n) is 52.1. The number of esters is 2. The van der Waals surface area contributed by atoms with Crippen LogP contribution in [0, 0.1) is 176 Å². The third-order valence-electron chi connectivity index (χ3n) is 45.6. The molecule has 0 bridgehead atoms. The highest BCUT2D eigenvalue weighted by Crippen LogP contribution is 2.82. The Balaban J connectivity index is 0.000000147. The summed E-state index contributed by atoms with van der Waals surface area (Å²) < 4.78 is 37.9. The Morgan fingerprint density at radius 3 is 1.02 bits per heavy atom. The van der Waals surface area contributed by atoms with E-state index in [-0.39, 0.29) is 115 Å². The van der Waals surface area contributed by atoms with E-state index in [0.29, 0.717) is 118 Å². The van der Waals surface area contributed by atoms with Crippen molar-refractivity contribution in [3.8, 4) is 0 Å². The number of carbonyl (C=O) groups excluding carboxylic acids is 5. The van der Waals surface area contributed by atoms with Gasteiger partial charge in [-0.05, 0) is 337 Å². The monoisotopic (exact) mass is 1800 g/mol. The molecular weight excluding hydrogens is 1620 g/mol. The van der Waals surface area contributed by atoms with Crippen molar-refractivity contribution in [1.82, 2.24) is 0 Å². The lowest BCUT2D eigenvalue weighted by Gasteiger charge is -2.72.